The van der Waals surface area contributed by atoms with E-state index in [-0.39, 0.29) is 5.82 Å². The first-order chi connectivity index (χ1) is 9.24. The van der Waals surface area contributed by atoms with E-state index >= 15 is 0 Å². The van der Waals surface area contributed by atoms with E-state index in [1.54, 1.807) is 6.07 Å². The zero-order chi connectivity index (χ0) is 13.8. The summed E-state index contributed by atoms with van der Waals surface area (Å²) >= 11 is 3.43. The van der Waals surface area contributed by atoms with E-state index in [4.69, 9.17) is 0 Å². The van der Waals surface area contributed by atoms with E-state index in [0.717, 1.165) is 21.1 Å². The van der Waals surface area contributed by atoms with Gasteiger partial charge >= 0.3 is 0 Å². The van der Waals surface area contributed by atoms with Gasteiger partial charge in [0, 0.05) is 15.4 Å². The van der Waals surface area contributed by atoms with Gasteiger partial charge < -0.3 is 0 Å². The van der Waals surface area contributed by atoms with E-state index in [0.29, 0.717) is 5.52 Å². The third-order valence-electron chi connectivity index (χ3n) is 2.62. The maximum Gasteiger partial charge on any atom is 0.125 e. The molecule has 3 rings (SSSR count). The molecule has 2 aromatic carbocycles. The number of benzene rings is 2. The van der Waals surface area contributed by atoms with Crippen LogP contribution in [-0.4, -0.2) is 10.2 Å². The number of hydrogen-bond donors (Lipinski definition) is 1. The quantitative estimate of drug-likeness (QED) is 0.659. The molecular formula is C15H14BrFN2. The van der Waals surface area contributed by atoms with Crippen molar-refractivity contribution in [1.82, 2.24) is 10.2 Å². The molecule has 98 valence electrons. The molecule has 0 aliphatic heterocycles. The Hall–Kier alpha value is -1.68. The molecule has 0 aliphatic carbocycles. The summed E-state index contributed by atoms with van der Waals surface area (Å²) in [5.74, 6) is -0.262. The second kappa shape index (κ2) is 5.97. The molecule has 19 heavy (non-hydrogen) atoms. The van der Waals surface area contributed by atoms with Crippen LogP contribution in [0.15, 0.2) is 46.9 Å². The van der Waals surface area contributed by atoms with Crippen LogP contribution >= 0.6 is 15.9 Å². The molecule has 0 aliphatic rings. The second-order valence-electron chi connectivity index (χ2n) is 3.77. The van der Waals surface area contributed by atoms with Crippen molar-refractivity contribution in [3.63, 3.8) is 0 Å². The number of nitrogens with one attached hydrogen (secondary N) is 1. The summed E-state index contributed by atoms with van der Waals surface area (Å²) in [6.45, 7) is 4.00. The third kappa shape index (κ3) is 2.84. The minimum absolute atomic E-state index is 0.262. The molecule has 3 aromatic rings. The number of fused-ring (bicyclic) bond motifs is 1. The molecule has 0 bridgehead atoms. The summed E-state index contributed by atoms with van der Waals surface area (Å²) in [5, 5.41) is 8.00. The molecule has 0 unspecified atom stereocenters. The van der Waals surface area contributed by atoms with Crippen LogP contribution in [0.25, 0.3) is 22.2 Å². The standard InChI is InChI=1S/C13H8BrFN2.C2H6/c14-9-3-1-2-8(6-9)13-11-5-4-10(15)7-12(11)16-17-13;1-2/h1-7H,(H,16,17);1-2H3. The van der Waals surface area contributed by atoms with Gasteiger partial charge in [0.05, 0.1) is 11.2 Å². The third-order valence-corrected chi connectivity index (χ3v) is 3.12. The zero-order valence-electron chi connectivity index (χ0n) is 10.7. The van der Waals surface area contributed by atoms with Gasteiger partial charge in [-0.3, -0.25) is 5.10 Å². The van der Waals surface area contributed by atoms with Gasteiger partial charge in [-0.15, -0.1) is 0 Å². The van der Waals surface area contributed by atoms with Crippen molar-refractivity contribution in [2.24, 2.45) is 0 Å². The maximum atomic E-state index is 13.1. The number of H-pyrrole nitrogens is 1. The van der Waals surface area contributed by atoms with E-state index in [9.17, 15) is 4.39 Å². The van der Waals surface area contributed by atoms with Gasteiger partial charge in [0.25, 0.3) is 0 Å². The molecular weight excluding hydrogens is 307 g/mol. The largest absolute Gasteiger partial charge is 0.277 e. The highest BCUT2D eigenvalue weighted by atomic mass is 79.9. The SMILES string of the molecule is CC.Fc1ccc2c(-c3cccc(Br)c3)n[nH]c2c1. The predicted molar refractivity (Wildman–Crippen MR) is 80.5 cm³/mol. The van der Waals surface area contributed by atoms with E-state index < -0.39 is 0 Å². The lowest BCUT2D eigenvalue weighted by molar-refractivity contribution is 0.629. The van der Waals surface area contributed by atoms with Crippen molar-refractivity contribution in [2.45, 2.75) is 13.8 Å². The number of aromatic amines is 1. The fraction of sp³-hybridized carbons (Fsp3) is 0.133. The van der Waals surface area contributed by atoms with Crippen LogP contribution < -0.4 is 0 Å². The number of nitrogens with zero attached hydrogens (tertiary/aromatic N) is 1. The van der Waals surface area contributed by atoms with E-state index in [1.165, 1.54) is 12.1 Å². The van der Waals surface area contributed by atoms with Gasteiger partial charge in [0.1, 0.15) is 5.82 Å². The minimum atomic E-state index is -0.262. The Kier molecular flexibility index (Phi) is 4.32. The Morgan fingerprint density at radius 3 is 2.63 bits per heavy atom. The summed E-state index contributed by atoms with van der Waals surface area (Å²) in [4.78, 5) is 0. The minimum Gasteiger partial charge on any atom is -0.277 e. The van der Waals surface area contributed by atoms with E-state index in [1.807, 2.05) is 38.1 Å². The van der Waals surface area contributed by atoms with E-state index in [2.05, 4.69) is 26.1 Å². The van der Waals surface area contributed by atoms with Crippen molar-refractivity contribution in [2.75, 3.05) is 0 Å². The highest BCUT2D eigenvalue weighted by Crippen LogP contribution is 2.28. The first kappa shape index (κ1) is 13.7. The van der Waals surface area contributed by atoms with Gasteiger partial charge in [0.2, 0.25) is 0 Å². The molecule has 0 saturated carbocycles. The molecule has 0 spiro atoms. The topological polar surface area (TPSA) is 28.7 Å². The smallest absolute Gasteiger partial charge is 0.125 e. The molecule has 1 aromatic heterocycles. The highest BCUT2D eigenvalue weighted by Gasteiger charge is 2.08. The number of rotatable bonds is 1. The van der Waals surface area contributed by atoms with Crippen LogP contribution in [0.1, 0.15) is 13.8 Å². The fourth-order valence-corrected chi connectivity index (χ4v) is 2.25. The maximum absolute atomic E-state index is 13.1. The number of halogens is 2. The number of hydrogen-bond acceptors (Lipinski definition) is 1. The van der Waals surface area contributed by atoms with Crippen molar-refractivity contribution in [3.8, 4) is 11.3 Å². The van der Waals surface area contributed by atoms with Crippen LogP contribution in [0.3, 0.4) is 0 Å². The molecule has 2 nitrogen and oxygen atoms in total. The lowest BCUT2D eigenvalue weighted by Gasteiger charge is -1.98. The van der Waals surface area contributed by atoms with Gasteiger partial charge in [-0.2, -0.15) is 5.10 Å². The number of aromatic nitrogens is 2. The van der Waals surface area contributed by atoms with Gasteiger partial charge in [0.15, 0.2) is 0 Å². The van der Waals surface area contributed by atoms with Crippen LogP contribution in [-0.2, 0) is 0 Å². The van der Waals surface area contributed by atoms with Gasteiger partial charge in [-0.1, -0.05) is 41.9 Å². The molecule has 1 heterocycles. The molecule has 1 N–H and O–H groups in total. The van der Waals surface area contributed by atoms with Crippen LogP contribution in [0.5, 0.6) is 0 Å². The monoisotopic (exact) mass is 320 g/mol. The molecule has 0 fully saturated rings. The lowest BCUT2D eigenvalue weighted by atomic mass is 10.1. The molecule has 0 amide bonds. The molecule has 4 heteroatoms. The Morgan fingerprint density at radius 2 is 1.89 bits per heavy atom. The lowest BCUT2D eigenvalue weighted by Crippen LogP contribution is -1.78. The summed E-state index contributed by atoms with van der Waals surface area (Å²) in [5.41, 5.74) is 2.54. The molecule has 0 saturated heterocycles. The summed E-state index contributed by atoms with van der Waals surface area (Å²) in [6.07, 6.45) is 0. The first-order valence-corrected chi connectivity index (χ1v) is 6.93. The Bertz CT molecular complexity index is 691. The Labute approximate surface area is 119 Å². The average Bonchev–Trinajstić information content (AvgIpc) is 2.84. The Balaban J connectivity index is 0.000000637. The van der Waals surface area contributed by atoms with Gasteiger partial charge in [-0.05, 0) is 30.3 Å². The Morgan fingerprint density at radius 1 is 1.11 bits per heavy atom. The second-order valence-corrected chi connectivity index (χ2v) is 4.69. The first-order valence-electron chi connectivity index (χ1n) is 6.13. The zero-order valence-corrected chi connectivity index (χ0v) is 12.3. The molecule has 0 radical (unpaired) electrons. The average molecular weight is 321 g/mol. The predicted octanol–water partition coefficient (Wildman–Crippen LogP) is 5.16. The van der Waals surface area contributed by atoms with Crippen molar-refractivity contribution in [3.05, 3.63) is 52.8 Å². The normalized spacial score (nSPS) is 10.1. The summed E-state index contributed by atoms with van der Waals surface area (Å²) < 4.78 is 14.1. The summed E-state index contributed by atoms with van der Waals surface area (Å²) in [7, 11) is 0. The van der Waals surface area contributed by atoms with Crippen molar-refractivity contribution in [1.29, 1.82) is 0 Å². The highest BCUT2D eigenvalue weighted by molar-refractivity contribution is 9.10. The summed E-state index contributed by atoms with van der Waals surface area (Å²) in [6, 6.07) is 12.5. The van der Waals surface area contributed by atoms with Crippen molar-refractivity contribution < 1.29 is 4.39 Å². The van der Waals surface area contributed by atoms with Crippen LogP contribution in [0.2, 0.25) is 0 Å². The van der Waals surface area contributed by atoms with Crippen molar-refractivity contribution >= 4 is 26.8 Å². The molecule has 0 atom stereocenters. The fourth-order valence-electron chi connectivity index (χ4n) is 1.85. The van der Waals surface area contributed by atoms with Gasteiger partial charge in [-0.25, -0.2) is 4.39 Å². The van der Waals surface area contributed by atoms with Crippen LogP contribution in [0, 0.1) is 5.82 Å². The van der Waals surface area contributed by atoms with Crippen LogP contribution in [0.4, 0.5) is 4.39 Å².